The fourth-order valence-corrected chi connectivity index (χ4v) is 8.29. The summed E-state index contributed by atoms with van der Waals surface area (Å²) in [7, 11) is 1.54. The van der Waals surface area contributed by atoms with Crippen molar-refractivity contribution in [3.8, 4) is 0 Å². The van der Waals surface area contributed by atoms with Crippen molar-refractivity contribution in [1.29, 1.82) is 0 Å². The van der Waals surface area contributed by atoms with Gasteiger partial charge in [0.1, 0.15) is 13.2 Å². The van der Waals surface area contributed by atoms with Crippen molar-refractivity contribution in [2.75, 3.05) is 40.9 Å². The molecule has 0 spiro atoms. The number of allylic oxidation sites excluding steroid dienone is 7. The molecule has 0 heterocycles. The highest BCUT2D eigenvalue weighted by molar-refractivity contribution is 7.47. The molecule has 0 aliphatic carbocycles. The highest BCUT2D eigenvalue weighted by atomic mass is 31.2. The van der Waals surface area contributed by atoms with Crippen LogP contribution in [0.2, 0.25) is 0 Å². The van der Waals surface area contributed by atoms with E-state index >= 15 is 0 Å². The Morgan fingerprint density at radius 1 is 0.540 bits per heavy atom. The van der Waals surface area contributed by atoms with Gasteiger partial charge in [0.2, 0.25) is 5.91 Å². The molecule has 0 bridgehead atoms. The number of amides is 1. The van der Waals surface area contributed by atoms with E-state index in [0.717, 1.165) is 64.2 Å². The number of nitrogens with zero attached hydrogens (tertiary/aromatic N) is 1. The summed E-state index contributed by atoms with van der Waals surface area (Å²) in [6.07, 6.45) is 59.2. The SMILES string of the molecule is CCCCC/C=C\C/C=C\CCCCCCCC(=O)NC(COP(=O)(O)OCC[N+](C)(C)C)C(O)/C=C/CC/C=C/CCCCCCCCCCCCCCCCCCCCCC. The van der Waals surface area contributed by atoms with Gasteiger partial charge in [0.25, 0.3) is 0 Å². The summed E-state index contributed by atoms with van der Waals surface area (Å²) >= 11 is 0. The fraction of sp³-hybridized carbons (Fsp3) is 0.833. The maximum absolute atomic E-state index is 12.9. The lowest BCUT2D eigenvalue weighted by molar-refractivity contribution is -0.870. The second-order valence-electron chi connectivity index (χ2n) is 19.2. The normalized spacial score (nSPS) is 14.5. The van der Waals surface area contributed by atoms with Gasteiger partial charge < -0.3 is 19.8 Å². The average molecular weight is 908 g/mol. The number of phosphoric ester groups is 1. The number of carbonyl (C=O) groups is 1. The number of likely N-dealkylation sites (N-methyl/N-ethyl adjacent to an activating group) is 1. The van der Waals surface area contributed by atoms with E-state index in [1.165, 1.54) is 154 Å². The zero-order valence-corrected chi connectivity index (χ0v) is 43.0. The van der Waals surface area contributed by atoms with Gasteiger partial charge in [-0.25, -0.2) is 4.57 Å². The fourth-order valence-electron chi connectivity index (χ4n) is 7.56. The van der Waals surface area contributed by atoms with Gasteiger partial charge in [-0.1, -0.05) is 217 Å². The van der Waals surface area contributed by atoms with Crippen molar-refractivity contribution in [3.05, 3.63) is 48.6 Å². The molecule has 0 radical (unpaired) electrons. The Morgan fingerprint density at radius 3 is 1.40 bits per heavy atom. The molecule has 0 saturated carbocycles. The van der Waals surface area contributed by atoms with Crippen LogP contribution in [-0.4, -0.2) is 73.4 Å². The van der Waals surface area contributed by atoms with Gasteiger partial charge in [0.15, 0.2) is 0 Å². The summed E-state index contributed by atoms with van der Waals surface area (Å²) in [5, 5.41) is 13.9. The summed E-state index contributed by atoms with van der Waals surface area (Å²) in [5.74, 6) is -0.201. The van der Waals surface area contributed by atoms with Crippen LogP contribution in [0.1, 0.15) is 239 Å². The van der Waals surface area contributed by atoms with E-state index in [-0.39, 0.29) is 19.1 Å². The molecule has 0 rings (SSSR count). The first-order valence-corrected chi connectivity index (χ1v) is 28.0. The topological polar surface area (TPSA) is 105 Å². The molecule has 1 amide bonds. The van der Waals surface area contributed by atoms with E-state index in [1.54, 1.807) is 6.08 Å². The Balaban J connectivity index is 4.29. The van der Waals surface area contributed by atoms with Gasteiger partial charge in [-0.2, -0.15) is 0 Å². The molecule has 0 aromatic carbocycles. The van der Waals surface area contributed by atoms with Crippen LogP contribution in [0.5, 0.6) is 0 Å². The van der Waals surface area contributed by atoms with Crippen molar-refractivity contribution in [1.82, 2.24) is 5.32 Å². The third-order valence-corrected chi connectivity index (χ3v) is 12.8. The molecule has 0 aliphatic heterocycles. The molecular formula is C54H104N2O6P+. The third-order valence-electron chi connectivity index (χ3n) is 11.8. The summed E-state index contributed by atoms with van der Waals surface area (Å²) in [6.45, 7) is 4.77. The zero-order chi connectivity index (χ0) is 46.4. The molecule has 3 N–H and O–H groups in total. The number of aliphatic hydroxyl groups excluding tert-OH is 1. The van der Waals surface area contributed by atoms with Crippen LogP contribution in [-0.2, 0) is 18.4 Å². The van der Waals surface area contributed by atoms with Crippen molar-refractivity contribution < 1.29 is 32.9 Å². The lowest BCUT2D eigenvalue weighted by Gasteiger charge is -2.25. The standard InChI is InChI=1S/C54H103N2O6P/c1-6-8-10-12-14-16-18-20-22-23-24-25-26-27-28-29-30-31-32-34-35-37-39-41-43-45-47-53(57)52(51-62-63(59,60)61-50-49-56(3,4)5)55-54(58)48-46-44-42-40-38-36-33-21-19-17-15-13-11-9-7-2/h15,17,21,33,37,39,45,47,52-53,57H,6-14,16,18-20,22-32,34-36,38,40-44,46,48-51H2,1-5H3,(H-,55,58,59,60)/p+1/b17-15-,33-21-,39-37+,47-45+. The molecule has 8 nitrogen and oxygen atoms in total. The van der Waals surface area contributed by atoms with Crippen molar-refractivity contribution >= 4 is 13.7 Å². The first-order chi connectivity index (χ1) is 30.5. The van der Waals surface area contributed by atoms with Crippen molar-refractivity contribution in [3.63, 3.8) is 0 Å². The average Bonchev–Trinajstić information content (AvgIpc) is 3.24. The highest BCUT2D eigenvalue weighted by Crippen LogP contribution is 2.43. The van der Waals surface area contributed by atoms with Gasteiger partial charge >= 0.3 is 7.82 Å². The Morgan fingerprint density at radius 2 is 0.921 bits per heavy atom. The van der Waals surface area contributed by atoms with Crippen LogP contribution >= 0.6 is 7.82 Å². The summed E-state index contributed by atoms with van der Waals surface area (Å²) < 4.78 is 23.6. The molecule has 63 heavy (non-hydrogen) atoms. The van der Waals surface area contributed by atoms with Crippen molar-refractivity contribution in [2.24, 2.45) is 0 Å². The molecule has 0 fully saturated rings. The molecule has 3 atom stereocenters. The minimum atomic E-state index is -4.36. The number of quaternary nitrogens is 1. The zero-order valence-electron chi connectivity index (χ0n) is 42.1. The van der Waals surface area contributed by atoms with E-state index < -0.39 is 20.0 Å². The number of nitrogens with one attached hydrogen (secondary N) is 1. The number of phosphoric acid groups is 1. The van der Waals surface area contributed by atoms with Gasteiger partial charge in [0.05, 0.1) is 39.9 Å². The molecular weight excluding hydrogens is 804 g/mol. The smallest absolute Gasteiger partial charge is 0.387 e. The maximum atomic E-state index is 12.9. The minimum absolute atomic E-state index is 0.0523. The van der Waals surface area contributed by atoms with Gasteiger partial charge in [-0.15, -0.1) is 0 Å². The molecule has 9 heteroatoms. The number of hydrogen-bond acceptors (Lipinski definition) is 5. The quantitative estimate of drug-likeness (QED) is 0.0243. The Labute approximate surface area is 390 Å². The highest BCUT2D eigenvalue weighted by Gasteiger charge is 2.27. The summed E-state index contributed by atoms with van der Waals surface area (Å²) in [5.41, 5.74) is 0. The van der Waals surface area contributed by atoms with E-state index in [9.17, 15) is 19.4 Å². The molecule has 0 saturated heterocycles. The Kier molecular flexibility index (Phi) is 44.5. The van der Waals surface area contributed by atoms with E-state index in [1.807, 2.05) is 27.2 Å². The lowest BCUT2D eigenvalue weighted by Crippen LogP contribution is -2.45. The largest absolute Gasteiger partial charge is 0.472 e. The molecule has 0 aliphatic rings. The molecule has 3 unspecified atom stereocenters. The number of rotatable bonds is 48. The van der Waals surface area contributed by atoms with Crippen LogP contribution < -0.4 is 5.32 Å². The Bertz CT molecular complexity index is 1170. The van der Waals surface area contributed by atoms with Crippen LogP contribution in [0.25, 0.3) is 0 Å². The second kappa shape index (κ2) is 45.6. The van der Waals surface area contributed by atoms with Crippen LogP contribution in [0.15, 0.2) is 48.6 Å². The van der Waals surface area contributed by atoms with Gasteiger partial charge in [-0.3, -0.25) is 13.8 Å². The molecule has 0 aromatic heterocycles. The first kappa shape index (κ1) is 61.5. The number of hydrogen-bond donors (Lipinski definition) is 3. The predicted molar refractivity (Wildman–Crippen MR) is 272 cm³/mol. The number of unbranched alkanes of at least 4 members (excludes halogenated alkanes) is 29. The van der Waals surface area contributed by atoms with Crippen LogP contribution in [0.3, 0.4) is 0 Å². The first-order valence-electron chi connectivity index (χ1n) is 26.5. The maximum Gasteiger partial charge on any atom is 0.472 e. The molecule has 370 valence electrons. The summed E-state index contributed by atoms with van der Waals surface area (Å²) in [4.78, 5) is 23.2. The molecule has 0 aromatic rings. The van der Waals surface area contributed by atoms with Gasteiger partial charge in [0, 0.05) is 6.42 Å². The second-order valence-corrected chi connectivity index (χ2v) is 20.7. The van der Waals surface area contributed by atoms with Crippen molar-refractivity contribution in [2.45, 2.75) is 251 Å². The van der Waals surface area contributed by atoms with E-state index in [0.29, 0.717) is 17.4 Å². The van der Waals surface area contributed by atoms with Crippen LogP contribution in [0.4, 0.5) is 0 Å². The lowest BCUT2D eigenvalue weighted by atomic mass is 10.0. The number of aliphatic hydroxyl groups is 1. The number of carbonyl (C=O) groups excluding carboxylic acids is 1. The van der Waals surface area contributed by atoms with Gasteiger partial charge in [-0.05, 0) is 64.2 Å². The predicted octanol–water partition coefficient (Wildman–Crippen LogP) is 15.6. The van der Waals surface area contributed by atoms with E-state index in [4.69, 9.17) is 9.05 Å². The monoisotopic (exact) mass is 908 g/mol. The third kappa shape index (κ3) is 48.2. The minimum Gasteiger partial charge on any atom is -0.387 e. The van der Waals surface area contributed by atoms with E-state index in [2.05, 4.69) is 55.6 Å². The Hall–Kier alpha value is -1.54. The summed E-state index contributed by atoms with van der Waals surface area (Å²) in [6, 6.07) is -0.871. The van der Waals surface area contributed by atoms with Crippen LogP contribution in [0, 0.1) is 0 Å².